The number of halogens is 2. The maximum Gasteiger partial charge on any atom is 0.142 e. The third kappa shape index (κ3) is 4.18. The Morgan fingerprint density at radius 2 is 2.05 bits per heavy atom. The molecule has 1 heterocycles. The monoisotopic (exact) mass is 294 g/mol. The first-order valence-corrected chi connectivity index (χ1v) is 6.80. The van der Waals surface area contributed by atoms with E-state index in [2.05, 4.69) is 10.3 Å². The Labute approximate surface area is 122 Å². The van der Waals surface area contributed by atoms with E-state index in [1.807, 2.05) is 25.1 Å². The van der Waals surface area contributed by atoms with Crippen molar-refractivity contribution in [3.8, 4) is 5.75 Å². The van der Waals surface area contributed by atoms with Gasteiger partial charge in [0, 0.05) is 12.6 Å². The van der Waals surface area contributed by atoms with Gasteiger partial charge in [0.05, 0.1) is 16.4 Å². The number of nitrogens with zero attached hydrogens (tertiary/aromatic N) is 1. The van der Waals surface area contributed by atoms with Crippen molar-refractivity contribution >= 4 is 11.6 Å². The highest BCUT2D eigenvalue weighted by Crippen LogP contribution is 2.21. The van der Waals surface area contributed by atoms with Crippen LogP contribution in [0.1, 0.15) is 18.3 Å². The molecular weight excluding hydrogens is 279 g/mol. The van der Waals surface area contributed by atoms with Gasteiger partial charge in [-0.25, -0.2) is 4.39 Å². The van der Waals surface area contributed by atoms with E-state index in [-0.39, 0.29) is 5.02 Å². The van der Waals surface area contributed by atoms with Gasteiger partial charge in [0.15, 0.2) is 0 Å². The molecule has 0 amide bonds. The molecule has 106 valence electrons. The highest BCUT2D eigenvalue weighted by molar-refractivity contribution is 6.30. The molecule has 2 rings (SSSR count). The van der Waals surface area contributed by atoms with Crippen LogP contribution in [0.3, 0.4) is 0 Å². The van der Waals surface area contributed by atoms with Crippen LogP contribution in [0.15, 0.2) is 36.4 Å². The molecule has 0 unspecified atom stereocenters. The minimum Gasteiger partial charge on any atom is -0.487 e. The van der Waals surface area contributed by atoms with E-state index in [1.165, 1.54) is 12.1 Å². The Bertz CT molecular complexity index is 578. The molecule has 0 aliphatic carbocycles. The molecule has 1 aromatic carbocycles. The Hall–Kier alpha value is -1.65. The second-order valence-electron chi connectivity index (χ2n) is 4.27. The molecule has 3 nitrogen and oxygen atoms in total. The zero-order valence-corrected chi connectivity index (χ0v) is 12.0. The predicted molar refractivity (Wildman–Crippen MR) is 77.4 cm³/mol. The Kier molecular flexibility index (Phi) is 5.32. The highest BCUT2D eigenvalue weighted by Gasteiger charge is 2.03. The third-order valence-corrected chi connectivity index (χ3v) is 2.99. The van der Waals surface area contributed by atoms with E-state index in [0.29, 0.717) is 12.4 Å². The second-order valence-corrected chi connectivity index (χ2v) is 4.67. The minimum absolute atomic E-state index is 0.0522. The molecule has 0 aliphatic rings. The van der Waals surface area contributed by atoms with Crippen LogP contribution in [0.25, 0.3) is 0 Å². The van der Waals surface area contributed by atoms with Crippen LogP contribution in [0.2, 0.25) is 5.02 Å². The van der Waals surface area contributed by atoms with Crippen LogP contribution in [0.5, 0.6) is 5.75 Å². The molecule has 0 saturated carbocycles. The average Bonchev–Trinajstić information content (AvgIpc) is 2.47. The van der Waals surface area contributed by atoms with Crippen molar-refractivity contribution in [1.82, 2.24) is 10.3 Å². The summed E-state index contributed by atoms with van der Waals surface area (Å²) in [7, 11) is 0. The van der Waals surface area contributed by atoms with Crippen LogP contribution in [0.4, 0.5) is 4.39 Å². The number of ether oxygens (including phenoxy) is 1. The molecule has 0 aliphatic heterocycles. The summed E-state index contributed by atoms with van der Waals surface area (Å²) >= 11 is 5.70. The summed E-state index contributed by atoms with van der Waals surface area (Å²) in [6.07, 6.45) is 0. The van der Waals surface area contributed by atoms with Crippen molar-refractivity contribution in [3.05, 3.63) is 58.6 Å². The molecule has 20 heavy (non-hydrogen) atoms. The molecule has 5 heteroatoms. The summed E-state index contributed by atoms with van der Waals surface area (Å²) in [6.45, 7) is 4.00. The summed E-state index contributed by atoms with van der Waals surface area (Å²) in [5.74, 6) is 0.0695. The number of hydrogen-bond donors (Lipinski definition) is 1. The van der Waals surface area contributed by atoms with E-state index < -0.39 is 5.82 Å². The molecule has 0 spiro atoms. The first kappa shape index (κ1) is 14.8. The topological polar surface area (TPSA) is 34.1 Å². The summed E-state index contributed by atoms with van der Waals surface area (Å²) in [5.41, 5.74) is 1.78. The lowest BCUT2D eigenvalue weighted by Crippen LogP contribution is -2.13. The molecule has 2 aromatic rings. The van der Waals surface area contributed by atoms with Crippen molar-refractivity contribution in [2.75, 3.05) is 6.54 Å². The lowest BCUT2D eigenvalue weighted by molar-refractivity contribution is 0.300. The Morgan fingerprint density at radius 3 is 2.80 bits per heavy atom. The standard InChI is InChI=1S/C15H16ClFN2O/c1-2-18-9-11-4-3-5-12(19-11)10-20-13-6-7-15(17)14(16)8-13/h3-8,18H,2,9-10H2,1H3. The van der Waals surface area contributed by atoms with Gasteiger partial charge < -0.3 is 10.1 Å². The minimum atomic E-state index is -0.454. The summed E-state index contributed by atoms with van der Waals surface area (Å²) < 4.78 is 18.6. The summed E-state index contributed by atoms with van der Waals surface area (Å²) in [5, 5.41) is 3.27. The normalized spacial score (nSPS) is 10.6. The molecule has 0 saturated heterocycles. The van der Waals surface area contributed by atoms with Gasteiger partial charge in [-0.2, -0.15) is 0 Å². The van der Waals surface area contributed by atoms with Gasteiger partial charge in [-0.3, -0.25) is 4.98 Å². The average molecular weight is 295 g/mol. The van der Waals surface area contributed by atoms with Crippen LogP contribution < -0.4 is 10.1 Å². The van der Waals surface area contributed by atoms with Crippen molar-refractivity contribution in [2.45, 2.75) is 20.1 Å². The van der Waals surface area contributed by atoms with Crippen LogP contribution in [-0.2, 0) is 13.2 Å². The quantitative estimate of drug-likeness (QED) is 0.884. The lowest BCUT2D eigenvalue weighted by atomic mass is 10.3. The number of pyridine rings is 1. The number of aromatic nitrogens is 1. The smallest absolute Gasteiger partial charge is 0.142 e. The van der Waals surface area contributed by atoms with Crippen LogP contribution in [0, 0.1) is 5.82 Å². The van der Waals surface area contributed by atoms with E-state index >= 15 is 0 Å². The zero-order valence-electron chi connectivity index (χ0n) is 11.2. The number of benzene rings is 1. The van der Waals surface area contributed by atoms with Crippen molar-refractivity contribution < 1.29 is 9.13 Å². The van der Waals surface area contributed by atoms with Crippen molar-refractivity contribution in [1.29, 1.82) is 0 Å². The number of nitrogens with one attached hydrogen (secondary N) is 1. The van der Waals surface area contributed by atoms with E-state index in [0.717, 1.165) is 24.5 Å². The molecule has 0 radical (unpaired) electrons. The fraction of sp³-hybridized carbons (Fsp3) is 0.267. The Morgan fingerprint density at radius 1 is 1.25 bits per heavy atom. The van der Waals surface area contributed by atoms with Gasteiger partial charge in [-0.1, -0.05) is 24.6 Å². The van der Waals surface area contributed by atoms with Gasteiger partial charge in [-0.15, -0.1) is 0 Å². The van der Waals surface area contributed by atoms with Gasteiger partial charge in [0.2, 0.25) is 0 Å². The fourth-order valence-corrected chi connectivity index (χ4v) is 1.86. The van der Waals surface area contributed by atoms with Gasteiger partial charge in [-0.05, 0) is 30.8 Å². The lowest BCUT2D eigenvalue weighted by Gasteiger charge is -2.08. The zero-order chi connectivity index (χ0) is 14.4. The third-order valence-electron chi connectivity index (χ3n) is 2.70. The maximum absolute atomic E-state index is 13.0. The van der Waals surface area contributed by atoms with Crippen LogP contribution in [-0.4, -0.2) is 11.5 Å². The molecule has 0 fully saturated rings. The van der Waals surface area contributed by atoms with Crippen molar-refractivity contribution in [2.24, 2.45) is 0 Å². The summed E-state index contributed by atoms with van der Waals surface area (Å²) in [4.78, 5) is 4.47. The Balaban J connectivity index is 1.97. The fourth-order valence-electron chi connectivity index (χ4n) is 1.69. The van der Waals surface area contributed by atoms with E-state index in [9.17, 15) is 4.39 Å². The molecular formula is C15H16ClFN2O. The predicted octanol–water partition coefficient (Wildman–Crippen LogP) is 3.56. The molecule has 1 aromatic heterocycles. The van der Waals surface area contributed by atoms with Gasteiger partial charge in [0.25, 0.3) is 0 Å². The highest BCUT2D eigenvalue weighted by atomic mass is 35.5. The van der Waals surface area contributed by atoms with E-state index in [4.69, 9.17) is 16.3 Å². The first-order valence-electron chi connectivity index (χ1n) is 6.42. The second kappa shape index (κ2) is 7.22. The molecule has 1 N–H and O–H groups in total. The van der Waals surface area contributed by atoms with E-state index in [1.54, 1.807) is 6.07 Å². The maximum atomic E-state index is 13.0. The molecule has 0 atom stereocenters. The van der Waals surface area contributed by atoms with Crippen LogP contribution >= 0.6 is 11.6 Å². The summed E-state index contributed by atoms with van der Waals surface area (Å²) in [6, 6.07) is 10.1. The number of hydrogen-bond acceptors (Lipinski definition) is 3. The SMILES string of the molecule is CCNCc1cccc(COc2ccc(F)c(Cl)c2)n1. The van der Waals surface area contributed by atoms with Gasteiger partial charge >= 0.3 is 0 Å². The number of rotatable bonds is 6. The molecule has 0 bridgehead atoms. The van der Waals surface area contributed by atoms with Gasteiger partial charge in [0.1, 0.15) is 18.2 Å². The van der Waals surface area contributed by atoms with Crippen molar-refractivity contribution in [3.63, 3.8) is 0 Å². The first-order chi connectivity index (χ1) is 9.69. The largest absolute Gasteiger partial charge is 0.487 e.